The first-order valence-electron chi connectivity index (χ1n) is 8.57. The predicted molar refractivity (Wildman–Crippen MR) is 95.0 cm³/mol. The topological polar surface area (TPSA) is 65.4 Å². The van der Waals surface area contributed by atoms with Gasteiger partial charge in [-0.25, -0.2) is 0 Å². The van der Waals surface area contributed by atoms with Crippen molar-refractivity contribution in [3.8, 4) is 11.5 Å². The first kappa shape index (κ1) is 17.3. The van der Waals surface area contributed by atoms with E-state index in [4.69, 9.17) is 9.47 Å². The van der Waals surface area contributed by atoms with Gasteiger partial charge < -0.3 is 14.8 Å². The Labute approximate surface area is 148 Å². The van der Waals surface area contributed by atoms with Crippen molar-refractivity contribution in [3.05, 3.63) is 40.7 Å². The van der Waals surface area contributed by atoms with Crippen molar-refractivity contribution in [2.45, 2.75) is 39.2 Å². The maximum absolute atomic E-state index is 12.4. The molecule has 1 aliphatic heterocycles. The smallest absolute Gasteiger partial charge is 0.220 e. The molecule has 0 spiro atoms. The molecule has 1 aromatic carbocycles. The Kier molecular flexibility index (Phi) is 4.97. The molecule has 25 heavy (non-hydrogen) atoms. The summed E-state index contributed by atoms with van der Waals surface area (Å²) in [6, 6.07) is 3.97. The fraction of sp³-hybridized carbons (Fsp3) is 0.474. The molecule has 0 fully saturated rings. The molecule has 134 valence electrons. The molecule has 3 rings (SSSR count). The van der Waals surface area contributed by atoms with Crippen LogP contribution in [0.4, 0.5) is 0 Å². The number of amides is 1. The largest absolute Gasteiger partial charge is 0.493 e. The lowest BCUT2D eigenvalue weighted by Gasteiger charge is -2.28. The van der Waals surface area contributed by atoms with Crippen LogP contribution >= 0.6 is 0 Å². The first-order chi connectivity index (χ1) is 12.0. The van der Waals surface area contributed by atoms with Crippen molar-refractivity contribution < 1.29 is 14.3 Å². The van der Waals surface area contributed by atoms with Gasteiger partial charge in [0, 0.05) is 31.6 Å². The third kappa shape index (κ3) is 3.78. The number of aromatic nitrogens is 2. The Morgan fingerprint density at radius 1 is 1.44 bits per heavy atom. The lowest BCUT2D eigenvalue weighted by Crippen LogP contribution is -2.32. The molecule has 6 nitrogen and oxygen atoms in total. The maximum atomic E-state index is 12.4. The molecule has 2 heterocycles. The number of hydrogen-bond acceptors (Lipinski definition) is 4. The molecule has 0 aliphatic carbocycles. The molecule has 1 aromatic heterocycles. The highest BCUT2D eigenvalue weighted by atomic mass is 16.5. The van der Waals surface area contributed by atoms with Gasteiger partial charge in [-0.2, -0.15) is 5.10 Å². The van der Waals surface area contributed by atoms with E-state index in [1.165, 1.54) is 0 Å². The van der Waals surface area contributed by atoms with Crippen LogP contribution in [0.1, 0.15) is 41.3 Å². The van der Waals surface area contributed by atoms with Crippen molar-refractivity contribution in [2.24, 2.45) is 7.05 Å². The van der Waals surface area contributed by atoms with Gasteiger partial charge in [0.05, 0.1) is 25.5 Å². The maximum Gasteiger partial charge on any atom is 0.220 e. The second-order valence-electron chi connectivity index (χ2n) is 6.56. The molecule has 0 radical (unpaired) electrons. The summed E-state index contributed by atoms with van der Waals surface area (Å²) in [5, 5.41) is 7.47. The van der Waals surface area contributed by atoms with Gasteiger partial charge in [0.15, 0.2) is 11.5 Å². The molecular weight excluding hydrogens is 318 g/mol. The zero-order valence-corrected chi connectivity index (χ0v) is 15.3. The van der Waals surface area contributed by atoms with E-state index in [0.717, 1.165) is 40.3 Å². The van der Waals surface area contributed by atoms with Gasteiger partial charge in [0.1, 0.15) is 0 Å². The van der Waals surface area contributed by atoms with Gasteiger partial charge in [0.25, 0.3) is 0 Å². The van der Waals surface area contributed by atoms with Crippen LogP contribution in [0.15, 0.2) is 18.3 Å². The first-order valence-corrected chi connectivity index (χ1v) is 8.57. The van der Waals surface area contributed by atoms with Crippen LogP contribution in [-0.2, 0) is 18.3 Å². The molecule has 0 bridgehead atoms. The lowest BCUT2D eigenvalue weighted by molar-refractivity contribution is -0.122. The normalized spacial score (nSPS) is 16.1. The van der Waals surface area contributed by atoms with Crippen LogP contribution in [0.25, 0.3) is 0 Å². The number of methoxy groups -OCH3 is 1. The Morgan fingerprint density at radius 2 is 2.24 bits per heavy atom. The number of fused-ring (bicyclic) bond motifs is 1. The molecule has 1 N–H and O–H groups in total. The standard InChI is InChI=1S/C19H25N3O3/c1-12-9-15-16(7-8-25-19(15)17(10-12)24-4)20-18(23)6-5-14-11-22(3)21-13(14)2/h9-11,16H,5-8H2,1-4H3,(H,20,23). The fourth-order valence-electron chi connectivity index (χ4n) is 3.33. The zero-order chi connectivity index (χ0) is 18.0. The van der Waals surface area contributed by atoms with Gasteiger partial charge in [-0.3, -0.25) is 9.48 Å². The van der Waals surface area contributed by atoms with Gasteiger partial charge in [-0.15, -0.1) is 0 Å². The highest BCUT2D eigenvalue weighted by molar-refractivity contribution is 5.77. The number of benzene rings is 1. The molecule has 1 atom stereocenters. The van der Waals surface area contributed by atoms with E-state index in [2.05, 4.69) is 16.5 Å². The number of hydrogen-bond donors (Lipinski definition) is 1. The SMILES string of the molecule is COc1cc(C)cc2c1OCCC2NC(=O)CCc1cn(C)nc1C. The van der Waals surface area contributed by atoms with Crippen LogP contribution in [-0.4, -0.2) is 29.4 Å². The molecule has 0 saturated carbocycles. The third-order valence-electron chi connectivity index (χ3n) is 4.55. The average molecular weight is 343 g/mol. The minimum absolute atomic E-state index is 0.0416. The van der Waals surface area contributed by atoms with E-state index in [9.17, 15) is 4.79 Å². The summed E-state index contributed by atoms with van der Waals surface area (Å²) >= 11 is 0. The zero-order valence-electron chi connectivity index (χ0n) is 15.3. The highest BCUT2D eigenvalue weighted by Crippen LogP contribution is 2.40. The van der Waals surface area contributed by atoms with Crippen LogP contribution < -0.4 is 14.8 Å². The van der Waals surface area contributed by atoms with Crippen molar-refractivity contribution in [1.82, 2.24) is 15.1 Å². The second kappa shape index (κ2) is 7.17. The number of aryl methyl sites for hydroxylation is 4. The minimum Gasteiger partial charge on any atom is -0.493 e. The van der Waals surface area contributed by atoms with Crippen LogP contribution in [0, 0.1) is 13.8 Å². The Morgan fingerprint density at radius 3 is 2.92 bits per heavy atom. The Hall–Kier alpha value is -2.50. The van der Waals surface area contributed by atoms with E-state index in [0.29, 0.717) is 19.4 Å². The summed E-state index contributed by atoms with van der Waals surface area (Å²) in [7, 11) is 3.53. The van der Waals surface area contributed by atoms with Crippen molar-refractivity contribution in [3.63, 3.8) is 0 Å². The summed E-state index contributed by atoms with van der Waals surface area (Å²) in [4.78, 5) is 12.4. The van der Waals surface area contributed by atoms with E-state index >= 15 is 0 Å². The fourth-order valence-corrected chi connectivity index (χ4v) is 3.33. The van der Waals surface area contributed by atoms with Gasteiger partial charge >= 0.3 is 0 Å². The van der Waals surface area contributed by atoms with E-state index in [1.54, 1.807) is 11.8 Å². The molecule has 6 heteroatoms. The monoisotopic (exact) mass is 343 g/mol. The average Bonchev–Trinajstić information content (AvgIpc) is 2.90. The van der Waals surface area contributed by atoms with Gasteiger partial charge in [-0.05, 0) is 37.5 Å². The Bertz CT molecular complexity index is 782. The van der Waals surface area contributed by atoms with Gasteiger partial charge in [0.2, 0.25) is 5.91 Å². The number of nitrogens with one attached hydrogen (secondary N) is 1. The molecular formula is C19H25N3O3. The molecule has 1 unspecified atom stereocenters. The second-order valence-corrected chi connectivity index (χ2v) is 6.56. The number of ether oxygens (including phenoxy) is 2. The number of carbonyl (C=O) groups is 1. The molecule has 0 saturated heterocycles. The number of carbonyl (C=O) groups excluding carboxylic acids is 1. The third-order valence-corrected chi connectivity index (χ3v) is 4.55. The summed E-state index contributed by atoms with van der Waals surface area (Å²) in [5.41, 5.74) is 4.18. The summed E-state index contributed by atoms with van der Waals surface area (Å²) in [6.45, 7) is 4.55. The summed E-state index contributed by atoms with van der Waals surface area (Å²) in [6.07, 6.45) is 3.87. The predicted octanol–water partition coefficient (Wildman–Crippen LogP) is 2.62. The van der Waals surface area contributed by atoms with E-state index in [-0.39, 0.29) is 11.9 Å². The lowest BCUT2D eigenvalue weighted by atomic mass is 9.97. The minimum atomic E-state index is -0.0416. The van der Waals surface area contributed by atoms with E-state index in [1.807, 2.05) is 33.2 Å². The van der Waals surface area contributed by atoms with Crippen molar-refractivity contribution >= 4 is 5.91 Å². The van der Waals surface area contributed by atoms with Gasteiger partial charge in [-0.1, -0.05) is 6.07 Å². The van der Waals surface area contributed by atoms with E-state index < -0.39 is 0 Å². The molecule has 2 aromatic rings. The van der Waals surface area contributed by atoms with Crippen molar-refractivity contribution in [2.75, 3.05) is 13.7 Å². The van der Waals surface area contributed by atoms with Crippen LogP contribution in [0.3, 0.4) is 0 Å². The number of rotatable bonds is 5. The van der Waals surface area contributed by atoms with Crippen molar-refractivity contribution in [1.29, 1.82) is 0 Å². The Balaban J connectivity index is 1.69. The summed E-state index contributed by atoms with van der Waals surface area (Å²) in [5.74, 6) is 1.51. The highest BCUT2D eigenvalue weighted by Gasteiger charge is 2.26. The molecule has 1 aliphatic rings. The quantitative estimate of drug-likeness (QED) is 0.906. The molecule has 1 amide bonds. The number of nitrogens with zero attached hydrogens (tertiary/aromatic N) is 2. The van der Waals surface area contributed by atoms with Crippen LogP contribution in [0.5, 0.6) is 11.5 Å². The summed E-state index contributed by atoms with van der Waals surface area (Å²) < 4.78 is 13.0. The van der Waals surface area contributed by atoms with Crippen LogP contribution in [0.2, 0.25) is 0 Å².